The van der Waals surface area contributed by atoms with Gasteiger partial charge in [-0.1, -0.05) is 6.07 Å². The van der Waals surface area contributed by atoms with E-state index in [-0.39, 0.29) is 42.5 Å². The fraction of sp³-hybridized carbons (Fsp3) is 0.588. The van der Waals surface area contributed by atoms with Crippen LogP contribution in [0.4, 0.5) is 14.5 Å². The standard InChI is InChI=1S/C17H23F2N3O2.2ClH/c1-24-16(23)17(20)7-11(8-17)9-21-12-5-6-22(10-12)15-13(18)3-2-4-14(15)19;;/h2-4,11-12,21H,5-10,20H2,1H3;2*1H. The van der Waals surface area contributed by atoms with Crippen molar-refractivity contribution in [3.63, 3.8) is 0 Å². The molecule has 1 saturated heterocycles. The van der Waals surface area contributed by atoms with Crippen LogP contribution in [0, 0.1) is 17.6 Å². The molecule has 0 aromatic heterocycles. The van der Waals surface area contributed by atoms with E-state index in [0.29, 0.717) is 31.8 Å². The summed E-state index contributed by atoms with van der Waals surface area (Å²) in [6.07, 6.45) is 2.03. The number of hydrogen-bond acceptors (Lipinski definition) is 5. The van der Waals surface area contributed by atoms with Crippen LogP contribution in [-0.4, -0.2) is 44.3 Å². The Kier molecular flexibility index (Phi) is 8.07. The Hall–Kier alpha value is -1.15. The van der Waals surface area contributed by atoms with Crippen molar-refractivity contribution in [3.8, 4) is 0 Å². The Morgan fingerprint density at radius 2 is 1.96 bits per heavy atom. The van der Waals surface area contributed by atoms with Crippen LogP contribution >= 0.6 is 24.8 Å². The minimum Gasteiger partial charge on any atom is -0.468 e. The molecule has 5 nitrogen and oxygen atoms in total. The highest BCUT2D eigenvalue weighted by Crippen LogP contribution is 2.36. The van der Waals surface area contributed by atoms with Gasteiger partial charge in [0.05, 0.1) is 7.11 Å². The summed E-state index contributed by atoms with van der Waals surface area (Å²) in [5, 5.41) is 3.42. The number of nitrogens with two attached hydrogens (primary N) is 1. The SMILES string of the molecule is COC(=O)C1(N)CC(CNC2CCN(c3c(F)cccc3F)C2)C1.Cl.Cl. The molecule has 0 radical (unpaired) electrons. The van der Waals surface area contributed by atoms with Gasteiger partial charge in [0, 0.05) is 19.1 Å². The maximum atomic E-state index is 13.8. The van der Waals surface area contributed by atoms with E-state index >= 15 is 0 Å². The zero-order valence-corrected chi connectivity index (χ0v) is 16.2. The predicted molar refractivity (Wildman–Crippen MR) is 101 cm³/mol. The van der Waals surface area contributed by atoms with E-state index in [1.54, 1.807) is 4.90 Å². The van der Waals surface area contributed by atoms with Gasteiger partial charge in [0.15, 0.2) is 0 Å². The van der Waals surface area contributed by atoms with Crippen molar-refractivity contribution in [2.45, 2.75) is 30.8 Å². The van der Waals surface area contributed by atoms with E-state index in [9.17, 15) is 13.6 Å². The van der Waals surface area contributed by atoms with Crippen molar-refractivity contribution in [2.75, 3.05) is 31.6 Å². The van der Waals surface area contributed by atoms with Crippen molar-refractivity contribution in [1.29, 1.82) is 0 Å². The maximum Gasteiger partial charge on any atom is 0.325 e. The Labute approximate surface area is 164 Å². The predicted octanol–water partition coefficient (Wildman–Crippen LogP) is 2.26. The molecule has 0 amide bonds. The average Bonchev–Trinajstić information content (AvgIpc) is 2.98. The largest absolute Gasteiger partial charge is 0.468 e. The van der Waals surface area contributed by atoms with Gasteiger partial charge in [0.25, 0.3) is 0 Å². The van der Waals surface area contributed by atoms with E-state index in [0.717, 1.165) is 13.0 Å². The summed E-state index contributed by atoms with van der Waals surface area (Å²) < 4.78 is 32.4. The Morgan fingerprint density at radius 1 is 1.35 bits per heavy atom. The number of halogens is 4. The monoisotopic (exact) mass is 411 g/mol. The molecule has 2 aliphatic rings. The Morgan fingerprint density at radius 3 is 2.54 bits per heavy atom. The number of ether oxygens (including phenoxy) is 1. The van der Waals surface area contributed by atoms with Gasteiger partial charge in [-0.15, -0.1) is 24.8 Å². The number of esters is 1. The van der Waals surface area contributed by atoms with Gasteiger partial charge in [-0.25, -0.2) is 8.78 Å². The van der Waals surface area contributed by atoms with Gasteiger partial charge in [0.2, 0.25) is 0 Å². The highest BCUT2D eigenvalue weighted by Gasteiger charge is 2.47. The van der Waals surface area contributed by atoms with Crippen LogP contribution in [-0.2, 0) is 9.53 Å². The number of para-hydroxylation sites is 1. The van der Waals surface area contributed by atoms with Crippen molar-refractivity contribution in [3.05, 3.63) is 29.8 Å². The van der Waals surface area contributed by atoms with Crippen molar-refractivity contribution >= 4 is 36.5 Å². The molecule has 0 bridgehead atoms. The maximum absolute atomic E-state index is 13.8. The molecule has 9 heteroatoms. The average molecular weight is 412 g/mol. The first-order valence-electron chi connectivity index (χ1n) is 8.22. The second-order valence-corrected chi connectivity index (χ2v) is 6.83. The molecule has 1 aromatic rings. The van der Waals surface area contributed by atoms with Crippen LogP contribution in [0.2, 0.25) is 0 Å². The van der Waals surface area contributed by atoms with E-state index < -0.39 is 17.2 Å². The number of carbonyl (C=O) groups excluding carboxylic acids is 1. The van der Waals surface area contributed by atoms with Gasteiger partial charge in [0.1, 0.15) is 22.9 Å². The lowest BCUT2D eigenvalue weighted by atomic mass is 9.69. The lowest BCUT2D eigenvalue weighted by Crippen LogP contribution is -2.60. The molecule has 1 aromatic carbocycles. The molecule has 0 spiro atoms. The molecule has 1 heterocycles. The smallest absolute Gasteiger partial charge is 0.325 e. The minimum absolute atomic E-state index is 0. The molecule has 3 N–H and O–H groups in total. The summed E-state index contributed by atoms with van der Waals surface area (Å²) in [5.74, 6) is -1.09. The first-order chi connectivity index (χ1) is 11.4. The highest BCUT2D eigenvalue weighted by molar-refractivity contribution is 5.85. The first-order valence-corrected chi connectivity index (χ1v) is 8.22. The number of benzene rings is 1. The molecule has 1 aliphatic heterocycles. The molecule has 1 aliphatic carbocycles. The summed E-state index contributed by atoms with van der Waals surface area (Å²) in [5.41, 5.74) is 5.17. The van der Waals surface area contributed by atoms with E-state index in [4.69, 9.17) is 10.5 Å². The fourth-order valence-corrected chi connectivity index (χ4v) is 3.74. The molecule has 1 unspecified atom stereocenters. The number of nitrogens with one attached hydrogen (secondary N) is 1. The van der Waals surface area contributed by atoms with Crippen molar-refractivity contribution in [2.24, 2.45) is 11.7 Å². The topological polar surface area (TPSA) is 67.6 Å². The quantitative estimate of drug-likeness (QED) is 0.727. The van der Waals surface area contributed by atoms with Crippen LogP contribution in [0.3, 0.4) is 0 Å². The second kappa shape index (κ2) is 9.17. The Balaban J connectivity index is 0.00000169. The summed E-state index contributed by atoms with van der Waals surface area (Å²) in [6.45, 7) is 1.92. The number of hydrogen-bond donors (Lipinski definition) is 2. The molecule has 1 saturated carbocycles. The van der Waals surface area contributed by atoms with Crippen molar-refractivity contribution < 1.29 is 18.3 Å². The minimum atomic E-state index is -0.848. The normalized spacial score (nSPS) is 27.2. The van der Waals surface area contributed by atoms with E-state index in [2.05, 4.69) is 5.32 Å². The van der Waals surface area contributed by atoms with Gasteiger partial charge in [-0.3, -0.25) is 4.79 Å². The van der Waals surface area contributed by atoms with Crippen LogP contribution in [0.25, 0.3) is 0 Å². The molecule has 3 rings (SSSR count). The van der Waals surface area contributed by atoms with E-state index in [1.165, 1.54) is 25.3 Å². The fourth-order valence-electron chi connectivity index (χ4n) is 3.74. The van der Waals surface area contributed by atoms with Crippen LogP contribution in [0.5, 0.6) is 0 Å². The first kappa shape index (κ1) is 22.9. The van der Waals surface area contributed by atoms with Gasteiger partial charge in [-0.2, -0.15) is 0 Å². The second-order valence-electron chi connectivity index (χ2n) is 6.83. The zero-order valence-electron chi connectivity index (χ0n) is 14.5. The summed E-state index contributed by atoms with van der Waals surface area (Å²) >= 11 is 0. The number of methoxy groups -OCH3 is 1. The summed E-state index contributed by atoms with van der Waals surface area (Å²) in [4.78, 5) is 13.3. The molecular formula is C17H25Cl2F2N3O2. The Bertz CT molecular complexity index is 610. The van der Waals surface area contributed by atoms with Crippen molar-refractivity contribution in [1.82, 2.24) is 5.32 Å². The molecule has 2 fully saturated rings. The molecule has 26 heavy (non-hydrogen) atoms. The summed E-state index contributed by atoms with van der Waals surface area (Å²) in [7, 11) is 1.34. The van der Waals surface area contributed by atoms with E-state index in [1.807, 2.05) is 0 Å². The van der Waals surface area contributed by atoms with Crippen LogP contribution < -0.4 is 16.0 Å². The third-order valence-corrected chi connectivity index (χ3v) is 5.04. The number of anilines is 1. The molecular weight excluding hydrogens is 387 g/mol. The summed E-state index contributed by atoms with van der Waals surface area (Å²) in [6, 6.07) is 4.11. The zero-order chi connectivity index (χ0) is 17.3. The number of rotatable bonds is 5. The van der Waals surface area contributed by atoms with Crippen LogP contribution in [0.15, 0.2) is 18.2 Å². The lowest BCUT2D eigenvalue weighted by molar-refractivity contribution is -0.152. The number of nitrogens with zero attached hydrogens (tertiary/aromatic N) is 1. The van der Waals surface area contributed by atoms with Gasteiger partial charge >= 0.3 is 5.97 Å². The highest BCUT2D eigenvalue weighted by atomic mass is 35.5. The van der Waals surface area contributed by atoms with Crippen LogP contribution in [0.1, 0.15) is 19.3 Å². The molecule has 148 valence electrons. The number of carbonyl (C=O) groups is 1. The lowest BCUT2D eigenvalue weighted by Gasteiger charge is -2.42. The van der Waals surface area contributed by atoms with Gasteiger partial charge in [-0.05, 0) is 43.9 Å². The third kappa shape index (κ3) is 4.57. The molecule has 1 atom stereocenters. The third-order valence-electron chi connectivity index (χ3n) is 5.04. The van der Waals surface area contributed by atoms with Gasteiger partial charge < -0.3 is 20.7 Å².